The molecule has 1 fully saturated rings. The molecule has 0 saturated carbocycles. The summed E-state index contributed by atoms with van der Waals surface area (Å²) < 4.78 is 50.9. The van der Waals surface area contributed by atoms with Gasteiger partial charge in [-0.1, -0.05) is 12.8 Å². The van der Waals surface area contributed by atoms with E-state index in [0.717, 1.165) is 40.9 Å². The largest absolute Gasteiger partial charge is 0.354 e. The quantitative estimate of drug-likeness (QED) is 0.509. The number of sulfonamides is 2. The molecule has 0 unspecified atom stereocenters. The number of hydrogen-bond donors (Lipinski definition) is 1. The Morgan fingerprint density at radius 2 is 1.58 bits per heavy atom. The molecule has 1 N–H and O–H groups in total. The maximum absolute atomic E-state index is 12.4. The van der Waals surface area contributed by atoms with Gasteiger partial charge in [-0.25, -0.2) is 21.1 Å². The van der Waals surface area contributed by atoms with Crippen molar-refractivity contribution in [1.29, 1.82) is 0 Å². The second kappa shape index (κ2) is 11.3. The molecule has 11 heteroatoms. The first kappa shape index (κ1) is 25.6. The fraction of sp³-hybridized carbons (Fsp3) is 0.650. The smallest absolute Gasteiger partial charge is 0.242 e. The third-order valence-corrected chi connectivity index (χ3v) is 8.23. The van der Waals surface area contributed by atoms with E-state index in [0.29, 0.717) is 6.54 Å². The first-order chi connectivity index (χ1) is 14.5. The van der Waals surface area contributed by atoms with E-state index in [4.69, 9.17) is 0 Å². The lowest BCUT2D eigenvalue weighted by Crippen LogP contribution is -2.41. The van der Waals surface area contributed by atoms with Gasteiger partial charge in [0, 0.05) is 20.6 Å². The van der Waals surface area contributed by atoms with Gasteiger partial charge in [0.05, 0.1) is 16.8 Å². The molecule has 1 amide bonds. The summed E-state index contributed by atoms with van der Waals surface area (Å²) >= 11 is 0. The maximum atomic E-state index is 12.4. The highest BCUT2D eigenvalue weighted by Crippen LogP contribution is 2.21. The fourth-order valence-corrected chi connectivity index (χ4v) is 5.23. The summed E-state index contributed by atoms with van der Waals surface area (Å²) in [6, 6.07) is 5.46. The number of rotatable bonds is 10. The van der Waals surface area contributed by atoms with Gasteiger partial charge in [0.15, 0.2) is 0 Å². The standard InChI is InChI=1S/C20H34N4O5S2/c1-22(2)31(28,29)19-11-9-18(10-12-19)24(30(3,26)27)17-20(25)21-13-8-16-23-14-6-4-5-7-15-23/h9-12H,4-8,13-17H2,1-3H3,(H,21,25). The average molecular weight is 475 g/mol. The van der Waals surface area contributed by atoms with Gasteiger partial charge in [-0.05, 0) is 63.2 Å². The zero-order valence-electron chi connectivity index (χ0n) is 18.6. The van der Waals surface area contributed by atoms with Crippen molar-refractivity contribution in [2.45, 2.75) is 37.0 Å². The Morgan fingerprint density at radius 1 is 1.00 bits per heavy atom. The van der Waals surface area contributed by atoms with Crippen molar-refractivity contribution in [2.24, 2.45) is 0 Å². The van der Waals surface area contributed by atoms with Gasteiger partial charge >= 0.3 is 0 Å². The molecular formula is C20H34N4O5S2. The SMILES string of the molecule is CN(C)S(=O)(=O)c1ccc(N(CC(=O)NCCCN2CCCCCC2)S(C)(=O)=O)cc1. The van der Waals surface area contributed by atoms with Gasteiger partial charge in [-0.3, -0.25) is 9.10 Å². The van der Waals surface area contributed by atoms with Crippen molar-refractivity contribution in [1.82, 2.24) is 14.5 Å². The van der Waals surface area contributed by atoms with Crippen molar-refractivity contribution >= 4 is 31.6 Å². The summed E-state index contributed by atoms with van der Waals surface area (Å²) in [5.74, 6) is -0.397. The Balaban J connectivity index is 1.94. The molecule has 1 aromatic carbocycles. The van der Waals surface area contributed by atoms with Gasteiger partial charge in [-0.15, -0.1) is 0 Å². The highest BCUT2D eigenvalue weighted by atomic mass is 32.2. The third kappa shape index (κ3) is 7.74. The minimum atomic E-state index is -3.73. The Morgan fingerprint density at radius 3 is 2.10 bits per heavy atom. The van der Waals surface area contributed by atoms with E-state index in [1.807, 2.05) is 0 Å². The average Bonchev–Trinajstić information content (AvgIpc) is 2.97. The zero-order chi connectivity index (χ0) is 23.1. The highest BCUT2D eigenvalue weighted by Gasteiger charge is 2.22. The van der Waals surface area contributed by atoms with Crippen LogP contribution in [0.3, 0.4) is 0 Å². The summed E-state index contributed by atoms with van der Waals surface area (Å²) in [5, 5.41) is 2.79. The van der Waals surface area contributed by atoms with Gasteiger partial charge in [0.25, 0.3) is 0 Å². The fourth-order valence-electron chi connectivity index (χ4n) is 3.47. The van der Waals surface area contributed by atoms with Crippen LogP contribution in [0.4, 0.5) is 5.69 Å². The van der Waals surface area contributed by atoms with Crippen LogP contribution in [0.15, 0.2) is 29.2 Å². The molecule has 0 bridgehead atoms. The lowest BCUT2D eigenvalue weighted by Gasteiger charge is -2.23. The number of hydrogen-bond acceptors (Lipinski definition) is 6. The number of likely N-dealkylation sites (tertiary alicyclic amines) is 1. The molecule has 1 saturated heterocycles. The number of nitrogens with one attached hydrogen (secondary N) is 1. The number of benzene rings is 1. The summed E-state index contributed by atoms with van der Waals surface area (Å²) in [5.41, 5.74) is 0.236. The van der Waals surface area contributed by atoms with Crippen molar-refractivity contribution in [3.63, 3.8) is 0 Å². The lowest BCUT2D eigenvalue weighted by molar-refractivity contribution is -0.119. The van der Waals surface area contributed by atoms with Crippen LogP contribution in [0.25, 0.3) is 0 Å². The Bertz CT molecular complexity index is 923. The number of anilines is 1. The third-order valence-electron chi connectivity index (χ3n) is 5.26. The van der Waals surface area contributed by atoms with Crippen LogP contribution in [-0.2, 0) is 24.8 Å². The predicted octanol–water partition coefficient (Wildman–Crippen LogP) is 1.09. The Hall–Kier alpha value is -1.69. The van der Waals surface area contributed by atoms with Crippen LogP contribution in [-0.4, -0.2) is 85.0 Å². The van der Waals surface area contributed by atoms with Crippen LogP contribution in [0.1, 0.15) is 32.1 Å². The van der Waals surface area contributed by atoms with E-state index in [1.54, 1.807) is 0 Å². The number of carbonyl (C=O) groups excluding carboxylic acids is 1. The van der Waals surface area contributed by atoms with E-state index >= 15 is 0 Å². The summed E-state index contributed by atoms with van der Waals surface area (Å²) in [6.07, 6.45) is 6.80. The van der Waals surface area contributed by atoms with Crippen molar-refractivity contribution in [2.75, 3.05) is 57.4 Å². The second-order valence-electron chi connectivity index (χ2n) is 8.01. The van der Waals surface area contributed by atoms with E-state index in [9.17, 15) is 21.6 Å². The summed E-state index contributed by atoms with van der Waals surface area (Å²) in [6.45, 7) is 3.22. The van der Waals surface area contributed by atoms with E-state index < -0.39 is 26.0 Å². The summed E-state index contributed by atoms with van der Waals surface area (Å²) in [7, 11) is -4.51. The van der Waals surface area contributed by atoms with E-state index in [1.165, 1.54) is 64.0 Å². The Labute approximate surface area is 186 Å². The Kier molecular flexibility index (Phi) is 9.28. The molecule has 1 aromatic rings. The maximum Gasteiger partial charge on any atom is 0.242 e. The molecule has 2 rings (SSSR count). The minimum Gasteiger partial charge on any atom is -0.354 e. The van der Waals surface area contributed by atoms with Crippen LogP contribution < -0.4 is 9.62 Å². The van der Waals surface area contributed by atoms with Crippen LogP contribution in [0, 0.1) is 0 Å². The molecular weight excluding hydrogens is 440 g/mol. The predicted molar refractivity (Wildman–Crippen MR) is 122 cm³/mol. The van der Waals surface area contributed by atoms with E-state index in [2.05, 4.69) is 10.2 Å². The molecule has 1 aliphatic rings. The van der Waals surface area contributed by atoms with Crippen LogP contribution in [0.2, 0.25) is 0 Å². The molecule has 0 atom stereocenters. The molecule has 1 heterocycles. The number of carbonyl (C=O) groups is 1. The number of amides is 1. The molecule has 0 aliphatic carbocycles. The zero-order valence-corrected chi connectivity index (χ0v) is 20.2. The second-order valence-corrected chi connectivity index (χ2v) is 12.1. The van der Waals surface area contributed by atoms with Crippen molar-refractivity contribution in [3.8, 4) is 0 Å². The van der Waals surface area contributed by atoms with Crippen LogP contribution >= 0.6 is 0 Å². The minimum absolute atomic E-state index is 0.0488. The molecule has 0 radical (unpaired) electrons. The molecule has 31 heavy (non-hydrogen) atoms. The first-order valence-electron chi connectivity index (χ1n) is 10.5. The van der Waals surface area contributed by atoms with Gasteiger partial charge < -0.3 is 10.2 Å². The van der Waals surface area contributed by atoms with Gasteiger partial charge in [-0.2, -0.15) is 0 Å². The van der Waals surface area contributed by atoms with Gasteiger partial charge in [0.2, 0.25) is 26.0 Å². The molecule has 0 aromatic heterocycles. The normalized spacial score (nSPS) is 16.1. The molecule has 0 spiro atoms. The number of nitrogens with zero attached hydrogens (tertiary/aromatic N) is 3. The van der Waals surface area contributed by atoms with E-state index in [-0.39, 0.29) is 17.1 Å². The lowest BCUT2D eigenvalue weighted by atomic mass is 10.2. The molecule has 176 valence electrons. The van der Waals surface area contributed by atoms with Crippen LogP contribution in [0.5, 0.6) is 0 Å². The van der Waals surface area contributed by atoms with Crippen molar-refractivity contribution in [3.05, 3.63) is 24.3 Å². The summed E-state index contributed by atoms with van der Waals surface area (Å²) in [4.78, 5) is 14.8. The van der Waals surface area contributed by atoms with Gasteiger partial charge in [0.1, 0.15) is 6.54 Å². The molecule has 9 nitrogen and oxygen atoms in total. The van der Waals surface area contributed by atoms with Crippen molar-refractivity contribution < 1.29 is 21.6 Å². The first-order valence-corrected chi connectivity index (χ1v) is 13.8. The molecule has 1 aliphatic heterocycles. The topological polar surface area (TPSA) is 107 Å². The monoisotopic (exact) mass is 474 g/mol. The highest BCUT2D eigenvalue weighted by molar-refractivity contribution is 7.92.